The molecule has 2 aliphatic carbocycles. The summed E-state index contributed by atoms with van der Waals surface area (Å²) in [6.45, 7) is 19.4. The summed E-state index contributed by atoms with van der Waals surface area (Å²) in [6, 6.07) is 9.81. The van der Waals surface area contributed by atoms with Crippen molar-refractivity contribution in [3.63, 3.8) is 0 Å². The first kappa shape index (κ1) is 31.1. The van der Waals surface area contributed by atoms with Crippen molar-refractivity contribution in [2.45, 2.75) is 91.0 Å². The molecule has 5 heteroatoms. The maximum Gasteiger partial charge on any atom is 0.165 e. The molecule has 1 atom stereocenters. The Bertz CT molecular complexity index is 1880. The van der Waals surface area contributed by atoms with E-state index in [2.05, 4.69) is 101 Å². The number of halogens is 1. The average Bonchev–Trinajstić information content (AvgIpc) is 3.33. The summed E-state index contributed by atoms with van der Waals surface area (Å²) >= 11 is 7.44. The molecule has 240 valence electrons. The Balaban J connectivity index is 1.49. The number of carbonyl (C=O) groups excluding carboxylic acids is 1. The van der Waals surface area contributed by atoms with Crippen LogP contribution >= 0.6 is 11.6 Å². The Labute approximate surface area is 280 Å². The van der Waals surface area contributed by atoms with Gasteiger partial charge in [-0.05, 0) is 147 Å². The summed E-state index contributed by atoms with van der Waals surface area (Å²) in [5, 5.41) is 3.96. The number of hydrogen-bond acceptors (Lipinski definition) is 4. The molecule has 3 aromatic rings. The molecule has 1 spiro atoms. The predicted molar refractivity (Wildman–Crippen MR) is 194 cm³/mol. The first-order valence-corrected chi connectivity index (χ1v) is 17.4. The van der Waals surface area contributed by atoms with Crippen molar-refractivity contribution in [3.8, 4) is 0 Å². The van der Waals surface area contributed by atoms with E-state index in [0.717, 1.165) is 83.7 Å². The van der Waals surface area contributed by atoms with Crippen LogP contribution in [0.1, 0.15) is 112 Å². The monoisotopic (exact) mass is 633 g/mol. The molecule has 0 radical (unpaired) electrons. The van der Waals surface area contributed by atoms with Gasteiger partial charge < -0.3 is 15.1 Å². The van der Waals surface area contributed by atoms with Crippen LogP contribution in [0, 0.1) is 20.8 Å². The number of likely N-dealkylation sites (N-methyl/N-ethyl adjacent to an activating group) is 1. The normalized spacial score (nSPS) is 20.5. The highest BCUT2D eigenvalue weighted by Crippen LogP contribution is 2.59. The quantitative estimate of drug-likeness (QED) is 0.304. The third-order valence-electron chi connectivity index (χ3n) is 12.0. The molecule has 2 aliphatic heterocycles. The van der Waals surface area contributed by atoms with E-state index in [4.69, 9.17) is 11.6 Å². The minimum Gasteiger partial charge on any atom is -0.392 e. The van der Waals surface area contributed by atoms with Gasteiger partial charge in [0.05, 0.1) is 11.0 Å². The van der Waals surface area contributed by atoms with Gasteiger partial charge in [0.1, 0.15) is 0 Å². The lowest BCUT2D eigenvalue weighted by Crippen LogP contribution is -2.42. The third kappa shape index (κ3) is 4.35. The fourth-order valence-electron chi connectivity index (χ4n) is 9.01. The zero-order valence-electron chi connectivity index (χ0n) is 28.9. The molecule has 4 aliphatic rings. The summed E-state index contributed by atoms with van der Waals surface area (Å²) in [4.78, 5) is 19.3. The number of nitrogens with zero attached hydrogens (tertiary/aromatic N) is 2. The van der Waals surface area contributed by atoms with E-state index in [9.17, 15) is 4.79 Å². The number of Topliss-reactive ketones (excluding diaryl/α,β-unsaturated/α-hetero) is 1. The zero-order chi connectivity index (χ0) is 32.9. The SMILES string of the molecule is C=C(CCCN1CCCc2cc3c(cc21)Cc1cc2c(cc1C31CC(=O)c3c(C)c(C)c(C)c(Cl)c31)C(C)=CC(C)(C)N2C)NC. The van der Waals surface area contributed by atoms with Gasteiger partial charge >= 0.3 is 0 Å². The number of hydrogen-bond donors (Lipinski definition) is 1. The van der Waals surface area contributed by atoms with Crippen molar-refractivity contribution < 1.29 is 4.79 Å². The van der Waals surface area contributed by atoms with Gasteiger partial charge in [-0.25, -0.2) is 0 Å². The summed E-state index contributed by atoms with van der Waals surface area (Å²) in [6.07, 6.45) is 7.87. The van der Waals surface area contributed by atoms with Crippen LogP contribution in [-0.2, 0) is 18.3 Å². The highest BCUT2D eigenvalue weighted by Gasteiger charge is 2.53. The van der Waals surface area contributed by atoms with Gasteiger partial charge in [0.2, 0.25) is 0 Å². The smallest absolute Gasteiger partial charge is 0.165 e. The highest BCUT2D eigenvalue weighted by molar-refractivity contribution is 6.33. The topological polar surface area (TPSA) is 35.6 Å². The number of anilines is 2. The molecule has 0 saturated heterocycles. The van der Waals surface area contributed by atoms with Gasteiger partial charge in [-0.15, -0.1) is 0 Å². The molecule has 0 bridgehead atoms. The third-order valence-corrected chi connectivity index (χ3v) is 12.4. The molecule has 2 heterocycles. The number of fused-ring (bicyclic) bond motifs is 8. The second kappa shape index (κ2) is 10.8. The molecule has 0 aromatic heterocycles. The molecule has 1 N–H and O–H groups in total. The van der Waals surface area contributed by atoms with E-state index >= 15 is 0 Å². The molecule has 0 amide bonds. The number of aryl methyl sites for hydroxylation is 1. The molecule has 46 heavy (non-hydrogen) atoms. The Kier molecular flexibility index (Phi) is 7.29. The molecule has 4 nitrogen and oxygen atoms in total. The van der Waals surface area contributed by atoms with Crippen molar-refractivity contribution >= 4 is 34.3 Å². The summed E-state index contributed by atoms with van der Waals surface area (Å²) < 4.78 is 0. The highest BCUT2D eigenvalue weighted by atomic mass is 35.5. The summed E-state index contributed by atoms with van der Waals surface area (Å²) in [5.41, 5.74) is 17.3. The van der Waals surface area contributed by atoms with Crippen molar-refractivity contribution in [2.24, 2.45) is 0 Å². The Morgan fingerprint density at radius 3 is 2.39 bits per heavy atom. The molecule has 7 rings (SSSR count). The lowest BCUT2D eigenvalue weighted by Gasteiger charge is -2.45. The van der Waals surface area contributed by atoms with Crippen LogP contribution in [0.15, 0.2) is 42.6 Å². The number of benzene rings is 3. The fourth-order valence-corrected chi connectivity index (χ4v) is 9.41. The van der Waals surface area contributed by atoms with Gasteiger partial charge in [-0.2, -0.15) is 0 Å². The van der Waals surface area contributed by atoms with Crippen molar-refractivity contribution in [1.29, 1.82) is 0 Å². The van der Waals surface area contributed by atoms with Crippen LogP contribution in [0.3, 0.4) is 0 Å². The Hall–Kier alpha value is -3.50. The van der Waals surface area contributed by atoms with Gasteiger partial charge in [-0.3, -0.25) is 4.79 Å². The number of nitrogens with one attached hydrogen (secondary N) is 1. The van der Waals surface area contributed by atoms with Crippen molar-refractivity contribution in [2.75, 3.05) is 37.0 Å². The molecule has 0 fully saturated rings. The van der Waals surface area contributed by atoms with E-state index in [1.54, 1.807) is 0 Å². The van der Waals surface area contributed by atoms with Crippen LogP contribution in [-0.4, -0.2) is 38.5 Å². The fraction of sp³-hybridized carbons (Fsp3) is 0.439. The largest absolute Gasteiger partial charge is 0.392 e. The first-order valence-electron chi connectivity index (χ1n) is 17.0. The number of allylic oxidation sites excluding steroid dienone is 2. The number of ketones is 1. The molecular weight excluding hydrogens is 586 g/mol. The minimum atomic E-state index is -0.613. The molecular formula is C41H48ClN3O. The van der Waals surface area contributed by atoms with E-state index in [1.165, 1.54) is 50.3 Å². The second-order valence-corrected chi connectivity index (χ2v) is 15.3. The average molecular weight is 634 g/mol. The van der Waals surface area contributed by atoms with Gasteiger partial charge in [0.15, 0.2) is 5.78 Å². The van der Waals surface area contributed by atoms with E-state index in [1.807, 2.05) is 7.05 Å². The maximum atomic E-state index is 14.3. The lowest BCUT2D eigenvalue weighted by atomic mass is 9.62. The van der Waals surface area contributed by atoms with Crippen LogP contribution in [0.5, 0.6) is 0 Å². The summed E-state index contributed by atoms with van der Waals surface area (Å²) in [7, 11) is 4.16. The zero-order valence-corrected chi connectivity index (χ0v) is 29.7. The van der Waals surface area contributed by atoms with Crippen molar-refractivity contribution in [1.82, 2.24) is 5.32 Å². The molecule has 3 aromatic carbocycles. The lowest BCUT2D eigenvalue weighted by molar-refractivity contribution is 0.0983. The Morgan fingerprint density at radius 2 is 1.67 bits per heavy atom. The van der Waals surface area contributed by atoms with Crippen LogP contribution in [0.2, 0.25) is 5.02 Å². The second-order valence-electron chi connectivity index (χ2n) is 14.9. The van der Waals surface area contributed by atoms with Crippen molar-refractivity contribution in [3.05, 3.63) is 109 Å². The van der Waals surface area contributed by atoms with Crippen LogP contribution in [0.25, 0.3) is 5.57 Å². The number of carbonyl (C=O) groups is 1. The standard InChI is InChI=1S/C41H48ClN3O/c1-23-21-40(6,7)44(9)35-19-30-16-29-18-34-28(13-11-15-45(34)14-10-12-24(2)43-8)17-32(29)41(33(30)20-31(23)35)22-36(46)37-26(4)25(3)27(5)39(42)38(37)41/h17-21,43H,2,10-16,22H2,1,3-9H3. The Morgan fingerprint density at radius 1 is 0.978 bits per heavy atom. The minimum absolute atomic E-state index is 0.0846. The maximum absolute atomic E-state index is 14.3. The summed E-state index contributed by atoms with van der Waals surface area (Å²) in [5.74, 6) is 0.212. The first-order chi connectivity index (χ1) is 21.8. The van der Waals surface area contributed by atoms with Crippen LogP contribution < -0.4 is 15.1 Å². The number of rotatable bonds is 5. The van der Waals surface area contributed by atoms with E-state index in [-0.39, 0.29) is 11.3 Å². The molecule has 1 unspecified atom stereocenters. The van der Waals surface area contributed by atoms with Crippen LogP contribution in [0.4, 0.5) is 11.4 Å². The van der Waals surface area contributed by atoms with Gasteiger partial charge in [0.25, 0.3) is 0 Å². The van der Waals surface area contributed by atoms with E-state index in [0.29, 0.717) is 6.42 Å². The van der Waals surface area contributed by atoms with E-state index < -0.39 is 5.41 Å². The molecule has 0 saturated carbocycles. The van der Waals surface area contributed by atoms with Gasteiger partial charge in [-0.1, -0.05) is 30.3 Å². The predicted octanol–water partition coefficient (Wildman–Crippen LogP) is 8.99. The van der Waals surface area contributed by atoms with Gasteiger partial charge in [0, 0.05) is 66.8 Å².